The summed E-state index contributed by atoms with van der Waals surface area (Å²) in [5, 5.41) is 19.4. The molecule has 24 heavy (non-hydrogen) atoms. The maximum Gasteiger partial charge on any atom is 0.0591 e. The Bertz CT molecular complexity index is 514. The molecule has 2 N–H and O–H groups in total. The van der Waals surface area contributed by atoms with Gasteiger partial charge < -0.3 is 10.2 Å². The summed E-state index contributed by atoms with van der Waals surface area (Å²) in [6.45, 7) is 6.05. The van der Waals surface area contributed by atoms with Gasteiger partial charge in [0.1, 0.15) is 0 Å². The molecule has 0 unspecified atom stereocenters. The summed E-state index contributed by atoms with van der Waals surface area (Å²) in [5.74, 6) is 0. The second-order valence-corrected chi connectivity index (χ2v) is 8.48. The Kier molecular flexibility index (Phi) is 6.65. The van der Waals surface area contributed by atoms with Crippen molar-refractivity contribution in [3.63, 3.8) is 0 Å². The predicted octanol–water partition coefficient (Wildman–Crippen LogP) is 5.12. The van der Waals surface area contributed by atoms with Crippen LogP contribution in [0, 0.1) is 5.41 Å². The molecule has 1 aliphatic rings. The van der Waals surface area contributed by atoms with E-state index in [1.165, 1.54) is 11.1 Å². The van der Waals surface area contributed by atoms with E-state index < -0.39 is 5.60 Å². The highest BCUT2D eigenvalue weighted by Crippen LogP contribution is 2.37. The molecule has 1 aromatic rings. The van der Waals surface area contributed by atoms with E-state index in [9.17, 15) is 10.2 Å². The Morgan fingerprint density at radius 1 is 1.12 bits per heavy atom. The molecule has 1 fully saturated rings. The lowest BCUT2D eigenvalue weighted by molar-refractivity contribution is 0.0682. The lowest BCUT2D eigenvalue weighted by atomic mass is 9.74. The van der Waals surface area contributed by atoms with Gasteiger partial charge in [0, 0.05) is 0 Å². The molecular formula is C22H34O2. The fourth-order valence-corrected chi connectivity index (χ4v) is 3.41. The minimum absolute atomic E-state index is 0.0952. The number of aliphatic hydroxyl groups excluding tert-OH is 1. The summed E-state index contributed by atoms with van der Waals surface area (Å²) in [7, 11) is 0. The van der Waals surface area contributed by atoms with Crippen LogP contribution in [0.5, 0.6) is 0 Å². The van der Waals surface area contributed by atoms with Crippen molar-refractivity contribution in [2.75, 3.05) is 0 Å². The number of rotatable bonds is 7. The van der Waals surface area contributed by atoms with E-state index in [1.54, 1.807) is 0 Å². The van der Waals surface area contributed by atoms with Crippen LogP contribution in [0.25, 0.3) is 6.08 Å². The Morgan fingerprint density at radius 3 is 2.33 bits per heavy atom. The fourth-order valence-electron chi connectivity index (χ4n) is 3.41. The van der Waals surface area contributed by atoms with Crippen LogP contribution in [0.2, 0.25) is 0 Å². The zero-order valence-electron chi connectivity index (χ0n) is 15.6. The Morgan fingerprint density at radius 2 is 1.75 bits per heavy atom. The number of aliphatic hydroxyl groups is 2. The number of allylic oxidation sites excluding steroid dienone is 1. The highest BCUT2D eigenvalue weighted by molar-refractivity contribution is 5.50. The monoisotopic (exact) mass is 330 g/mol. The molecule has 0 radical (unpaired) electrons. The predicted molar refractivity (Wildman–Crippen MR) is 102 cm³/mol. The summed E-state index contributed by atoms with van der Waals surface area (Å²) < 4.78 is 0. The van der Waals surface area contributed by atoms with Gasteiger partial charge >= 0.3 is 0 Å². The summed E-state index contributed by atoms with van der Waals surface area (Å²) in [4.78, 5) is 0. The maximum absolute atomic E-state index is 9.73. The lowest BCUT2D eigenvalue weighted by Gasteiger charge is -2.33. The van der Waals surface area contributed by atoms with Gasteiger partial charge in [0.2, 0.25) is 0 Å². The van der Waals surface area contributed by atoms with Crippen LogP contribution in [0.1, 0.15) is 76.8 Å². The molecule has 0 bridgehead atoms. The number of aryl methyl sites for hydroxylation is 1. The smallest absolute Gasteiger partial charge is 0.0591 e. The summed E-state index contributed by atoms with van der Waals surface area (Å²) in [5.41, 5.74) is 2.31. The average molecular weight is 331 g/mol. The molecule has 0 amide bonds. The van der Waals surface area contributed by atoms with E-state index in [0.717, 1.165) is 51.4 Å². The molecule has 2 rings (SSSR count). The first-order valence-electron chi connectivity index (χ1n) is 9.44. The van der Waals surface area contributed by atoms with Crippen LogP contribution in [0.3, 0.4) is 0 Å². The van der Waals surface area contributed by atoms with Crippen molar-refractivity contribution < 1.29 is 10.2 Å². The van der Waals surface area contributed by atoms with Crippen molar-refractivity contribution in [3.8, 4) is 0 Å². The van der Waals surface area contributed by atoms with E-state index >= 15 is 0 Å². The van der Waals surface area contributed by atoms with Crippen LogP contribution < -0.4 is 0 Å². The topological polar surface area (TPSA) is 40.5 Å². The standard InChI is InChI=1S/C22H34O2/c1-21(2,24)14-5-4-6-18-7-9-19(10-8-18)11-15-22(3)16-12-20(23)13-17-22/h7-11,15,20,23-24H,4-6,12-14,16-17H2,1-3H3/b15-11+. The first kappa shape index (κ1) is 19.2. The van der Waals surface area contributed by atoms with Crippen molar-refractivity contribution in [1.29, 1.82) is 0 Å². The van der Waals surface area contributed by atoms with Gasteiger partial charge in [0.25, 0.3) is 0 Å². The third-order valence-corrected chi connectivity index (χ3v) is 5.26. The van der Waals surface area contributed by atoms with E-state index in [2.05, 4.69) is 43.3 Å². The van der Waals surface area contributed by atoms with Crippen LogP contribution in [-0.4, -0.2) is 21.9 Å². The lowest BCUT2D eigenvalue weighted by Crippen LogP contribution is -2.25. The number of hydrogen-bond acceptors (Lipinski definition) is 2. The van der Waals surface area contributed by atoms with Gasteiger partial charge in [-0.1, -0.05) is 49.8 Å². The molecule has 0 spiro atoms. The quantitative estimate of drug-likeness (QED) is 0.681. The summed E-state index contributed by atoms with van der Waals surface area (Å²) in [6, 6.07) is 8.83. The van der Waals surface area contributed by atoms with E-state index in [1.807, 2.05) is 13.8 Å². The summed E-state index contributed by atoms with van der Waals surface area (Å²) >= 11 is 0. The van der Waals surface area contributed by atoms with Gasteiger partial charge in [0.05, 0.1) is 11.7 Å². The van der Waals surface area contributed by atoms with Crippen LogP contribution in [0.4, 0.5) is 0 Å². The highest BCUT2D eigenvalue weighted by Gasteiger charge is 2.27. The Hall–Kier alpha value is -1.12. The molecule has 1 saturated carbocycles. The molecular weight excluding hydrogens is 296 g/mol. The third-order valence-electron chi connectivity index (χ3n) is 5.26. The SMILES string of the molecule is CC(C)(O)CCCCc1ccc(/C=C/C2(C)CCC(O)CC2)cc1. The van der Waals surface area contributed by atoms with Crippen molar-refractivity contribution in [1.82, 2.24) is 0 Å². The van der Waals surface area contributed by atoms with Crippen LogP contribution in [-0.2, 0) is 6.42 Å². The molecule has 0 aromatic heterocycles. The number of benzene rings is 1. The second kappa shape index (κ2) is 8.31. The average Bonchev–Trinajstić information content (AvgIpc) is 2.53. The van der Waals surface area contributed by atoms with Crippen molar-refractivity contribution in [2.24, 2.45) is 5.41 Å². The largest absolute Gasteiger partial charge is 0.393 e. The van der Waals surface area contributed by atoms with Gasteiger partial charge in [-0.3, -0.25) is 0 Å². The maximum atomic E-state index is 9.73. The van der Waals surface area contributed by atoms with Gasteiger partial charge in [-0.15, -0.1) is 0 Å². The normalized spacial score (nSPS) is 25.3. The zero-order chi connectivity index (χ0) is 17.6. The van der Waals surface area contributed by atoms with Crippen molar-refractivity contribution in [3.05, 3.63) is 41.5 Å². The van der Waals surface area contributed by atoms with E-state index in [0.29, 0.717) is 0 Å². The molecule has 134 valence electrons. The van der Waals surface area contributed by atoms with Gasteiger partial charge in [-0.2, -0.15) is 0 Å². The van der Waals surface area contributed by atoms with Gasteiger partial charge in [0.15, 0.2) is 0 Å². The molecule has 0 atom stereocenters. The van der Waals surface area contributed by atoms with E-state index in [-0.39, 0.29) is 11.5 Å². The molecule has 0 saturated heterocycles. The molecule has 1 aromatic carbocycles. The highest BCUT2D eigenvalue weighted by atomic mass is 16.3. The first-order valence-corrected chi connectivity index (χ1v) is 9.44. The minimum atomic E-state index is -0.542. The molecule has 0 heterocycles. The molecule has 2 heteroatoms. The van der Waals surface area contributed by atoms with Crippen molar-refractivity contribution >= 4 is 6.08 Å². The van der Waals surface area contributed by atoms with Crippen molar-refractivity contribution in [2.45, 2.75) is 83.8 Å². The Balaban J connectivity index is 1.80. The molecule has 0 aliphatic heterocycles. The van der Waals surface area contributed by atoms with Gasteiger partial charge in [-0.25, -0.2) is 0 Å². The fraction of sp³-hybridized carbons (Fsp3) is 0.636. The molecule has 1 aliphatic carbocycles. The number of unbranched alkanes of at least 4 members (excludes halogenated alkanes) is 1. The van der Waals surface area contributed by atoms with Crippen LogP contribution >= 0.6 is 0 Å². The summed E-state index contributed by atoms with van der Waals surface area (Å²) in [6.07, 6.45) is 12.6. The second-order valence-electron chi connectivity index (χ2n) is 8.48. The number of hydrogen-bond donors (Lipinski definition) is 2. The van der Waals surface area contributed by atoms with Crippen LogP contribution in [0.15, 0.2) is 30.3 Å². The van der Waals surface area contributed by atoms with Gasteiger partial charge in [-0.05, 0) is 75.3 Å². The Labute approximate surface area is 147 Å². The molecule has 2 nitrogen and oxygen atoms in total. The van der Waals surface area contributed by atoms with E-state index in [4.69, 9.17) is 0 Å². The third kappa shape index (κ3) is 6.78. The first-order chi connectivity index (χ1) is 11.3. The zero-order valence-corrected chi connectivity index (χ0v) is 15.6. The minimum Gasteiger partial charge on any atom is -0.393 e.